The molecule has 0 rings (SSSR count). The normalized spacial score (nSPS) is 11.1. The van der Waals surface area contributed by atoms with E-state index < -0.39 is 0 Å². The molecule has 0 atom stereocenters. The molecule has 0 aliphatic rings. The first-order valence-electron chi connectivity index (χ1n) is 4.48. The predicted octanol–water partition coefficient (Wildman–Crippen LogP) is 3.35. The standard InChI is InChI=1S/C11H20O/c1-9(2)10(3)6-7-11(4,5)8-12/h8H,6-7H2,1-5H3. The molecule has 0 saturated carbocycles. The van der Waals surface area contributed by atoms with Crippen LogP contribution in [0.1, 0.15) is 47.5 Å². The molecule has 0 radical (unpaired) electrons. The van der Waals surface area contributed by atoms with Crippen LogP contribution in [-0.4, -0.2) is 6.29 Å². The number of rotatable bonds is 4. The van der Waals surface area contributed by atoms with Crippen LogP contribution in [0.15, 0.2) is 11.1 Å². The van der Waals surface area contributed by atoms with E-state index in [1.807, 2.05) is 13.8 Å². The second kappa shape index (κ2) is 4.44. The van der Waals surface area contributed by atoms with Gasteiger partial charge in [0, 0.05) is 5.41 Å². The third-order valence-electron chi connectivity index (χ3n) is 2.32. The zero-order chi connectivity index (χ0) is 9.78. The molecule has 0 aromatic rings. The lowest BCUT2D eigenvalue weighted by Gasteiger charge is -2.16. The van der Waals surface area contributed by atoms with Gasteiger partial charge in [-0.25, -0.2) is 0 Å². The van der Waals surface area contributed by atoms with Crippen molar-refractivity contribution < 1.29 is 4.79 Å². The van der Waals surface area contributed by atoms with Gasteiger partial charge in [0.2, 0.25) is 0 Å². The van der Waals surface area contributed by atoms with Gasteiger partial charge in [-0.2, -0.15) is 0 Å². The van der Waals surface area contributed by atoms with E-state index >= 15 is 0 Å². The lowest BCUT2D eigenvalue weighted by molar-refractivity contribution is -0.114. The van der Waals surface area contributed by atoms with E-state index in [2.05, 4.69) is 20.8 Å². The van der Waals surface area contributed by atoms with Crippen LogP contribution < -0.4 is 0 Å². The first kappa shape index (κ1) is 11.4. The summed E-state index contributed by atoms with van der Waals surface area (Å²) in [5.74, 6) is 0. The molecule has 0 fully saturated rings. The summed E-state index contributed by atoms with van der Waals surface area (Å²) >= 11 is 0. The highest BCUT2D eigenvalue weighted by Crippen LogP contribution is 2.22. The molecule has 0 aromatic heterocycles. The van der Waals surface area contributed by atoms with Gasteiger partial charge < -0.3 is 4.79 Å². The second-order valence-corrected chi connectivity index (χ2v) is 4.39. The number of aldehydes is 1. The fourth-order valence-corrected chi connectivity index (χ4v) is 0.819. The SMILES string of the molecule is CC(C)=C(C)CCC(C)(C)C=O. The minimum Gasteiger partial charge on any atom is -0.303 e. The zero-order valence-corrected chi connectivity index (χ0v) is 8.90. The van der Waals surface area contributed by atoms with Crippen LogP contribution >= 0.6 is 0 Å². The molecule has 0 aliphatic heterocycles. The van der Waals surface area contributed by atoms with Crippen molar-refractivity contribution in [3.8, 4) is 0 Å². The number of carbonyl (C=O) groups excluding carboxylic acids is 1. The Balaban J connectivity index is 4.00. The maximum Gasteiger partial charge on any atom is 0.125 e. The van der Waals surface area contributed by atoms with E-state index in [1.54, 1.807) is 0 Å². The summed E-state index contributed by atoms with van der Waals surface area (Å²) in [5, 5.41) is 0. The first-order valence-corrected chi connectivity index (χ1v) is 4.48. The summed E-state index contributed by atoms with van der Waals surface area (Å²) in [5.41, 5.74) is 2.62. The molecule has 0 spiro atoms. The van der Waals surface area contributed by atoms with Gasteiger partial charge in [0.15, 0.2) is 0 Å². The van der Waals surface area contributed by atoms with Crippen molar-refractivity contribution in [3.05, 3.63) is 11.1 Å². The van der Waals surface area contributed by atoms with Crippen LogP contribution in [0.25, 0.3) is 0 Å². The molecule has 12 heavy (non-hydrogen) atoms. The Morgan fingerprint density at radius 2 is 1.75 bits per heavy atom. The summed E-state index contributed by atoms with van der Waals surface area (Å²) in [6.07, 6.45) is 3.03. The molecule has 1 heteroatoms. The molecular formula is C11H20O. The third-order valence-corrected chi connectivity index (χ3v) is 2.32. The van der Waals surface area contributed by atoms with Crippen molar-refractivity contribution in [2.24, 2.45) is 5.41 Å². The van der Waals surface area contributed by atoms with E-state index in [9.17, 15) is 4.79 Å². The van der Waals surface area contributed by atoms with Gasteiger partial charge >= 0.3 is 0 Å². The Labute approximate surface area is 75.9 Å². The zero-order valence-electron chi connectivity index (χ0n) is 8.90. The maximum atomic E-state index is 10.6. The van der Waals surface area contributed by atoms with Crippen LogP contribution in [0.5, 0.6) is 0 Å². The summed E-state index contributed by atoms with van der Waals surface area (Å²) in [4.78, 5) is 10.6. The van der Waals surface area contributed by atoms with Crippen LogP contribution in [-0.2, 0) is 4.79 Å². The Hall–Kier alpha value is -0.590. The van der Waals surface area contributed by atoms with Gasteiger partial charge in [0.1, 0.15) is 6.29 Å². The molecule has 0 unspecified atom stereocenters. The van der Waals surface area contributed by atoms with Gasteiger partial charge in [-0.15, -0.1) is 0 Å². The maximum absolute atomic E-state index is 10.6. The van der Waals surface area contributed by atoms with Gasteiger partial charge in [-0.1, -0.05) is 25.0 Å². The van der Waals surface area contributed by atoms with Crippen molar-refractivity contribution in [1.82, 2.24) is 0 Å². The molecular weight excluding hydrogens is 148 g/mol. The number of hydrogen-bond acceptors (Lipinski definition) is 1. The lowest BCUT2D eigenvalue weighted by atomic mass is 9.87. The molecule has 1 nitrogen and oxygen atoms in total. The molecule has 70 valence electrons. The highest BCUT2D eigenvalue weighted by atomic mass is 16.1. The molecule has 0 amide bonds. The van der Waals surface area contributed by atoms with Crippen LogP contribution in [0.4, 0.5) is 0 Å². The summed E-state index contributed by atoms with van der Waals surface area (Å²) < 4.78 is 0. The summed E-state index contributed by atoms with van der Waals surface area (Å²) in [7, 11) is 0. The first-order chi connectivity index (χ1) is 5.39. The Morgan fingerprint density at radius 1 is 1.25 bits per heavy atom. The molecule has 0 bridgehead atoms. The summed E-state index contributed by atoms with van der Waals surface area (Å²) in [6, 6.07) is 0. The van der Waals surface area contributed by atoms with E-state index in [1.165, 1.54) is 11.1 Å². The molecule has 0 aromatic carbocycles. The quantitative estimate of drug-likeness (QED) is 0.464. The minimum atomic E-state index is -0.156. The van der Waals surface area contributed by atoms with Crippen molar-refractivity contribution in [2.75, 3.05) is 0 Å². The van der Waals surface area contributed by atoms with E-state index in [0.717, 1.165) is 19.1 Å². The van der Waals surface area contributed by atoms with Crippen molar-refractivity contribution >= 4 is 6.29 Å². The van der Waals surface area contributed by atoms with Crippen molar-refractivity contribution in [2.45, 2.75) is 47.5 Å². The monoisotopic (exact) mass is 168 g/mol. The lowest BCUT2D eigenvalue weighted by Crippen LogP contribution is -2.12. The molecule has 0 aliphatic carbocycles. The third kappa shape index (κ3) is 4.32. The topological polar surface area (TPSA) is 17.1 Å². The number of allylic oxidation sites excluding steroid dienone is 2. The summed E-state index contributed by atoms with van der Waals surface area (Å²) in [6.45, 7) is 10.3. The average molecular weight is 168 g/mol. The molecule has 0 heterocycles. The Bertz CT molecular complexity index is 183. The molecule has 0 N–H and O–H groups in total. The van der Waals surface area contributed by atoms with Crippen LogP contribution in [0.2, 0.25) is 0 Å². The Kier molecular flexibility index (Phi) is 4.22. The fraction of sp³-hybridized carbons (Fsp3) is 0.727. The predicted molar refractivity (Wildman–Crippen MR) is 53.1 cm³/mol. The van der Waals surface area contributed by atoms with Crippen molar-refractivity contribution in [1.29, 1.82) is 0 Å². The van der Waals surface area contributed by atoms with Crippen LogP contribution in [0.3, 0.4) is 0 Å². The fourth-order valence-electron chi connectivity index (χ4n) is 0.819. The van der Waals surface area contributed by atoms with Gasteiger partial charge in [-0.05, 0) is 33.6 Å². The van der Waals surface area contributed by atoms with Gasteiger partial charge in [0.25, 0.3) is 0 Å². The number of carbonyl (C=O) groups is 1. The molecule has 0 saturated heterocycles. The largest absolute Gasteiger partial charge is 0.303 e. The van der Waals surface area contributed by atoms with E-state index in [0.29, 0.717) is 0 Å². The van der Waals surface area contributed by atoms with Crippen molar-refractivity contribution in [3.63, 3.8) is 0 Å². The average Bonchev–Trinajstić information content (AvgIpc) is 2.00. The second-order valence-electron chi connectivity index (χ2n) is 4.39. The number of hydrogen-bond donors (Lipinski definition) is 0. The highest BCUT2D eigenvalue weighted by molar-refractivity contribution is 5.57. The highest BCUT2D eigenvalue weighted by Gasteiger charge is 2.15. The van der Waals surface area contributed by atoms with E-state index in [-0.39, 0.29) is 5.41 Å². The Morgan fingerprint density at radius 3 is 2.08 bits per heavy atom. The van der Waals surface area contributed by atoms with Gasteiger partial charge in [-0.3, -0.25) is 0 Å². The van der Waals surface area contributed by atoms with E-state index in [4.69, 9.17) is 0 Å². The van der Waals surface area contributed by atoms with Gasteiger partial charge in [0.05, 0.1) is 0 Å². The minimum absolute atomic E-state index is 0.156. The smallest absolute Gasteiger partial charge is 0.125 e. The van der Waals surface area contributed by atoms with Crippen LogP contribution in [0, 0.1) is 5.41 Å².